The monoisotopic (exact) mass is 617 g/mol. The minimum absolute atomic E-state index is 0.110. The predicted molar refractivity (Wildman–Crippen MR) is 205 cm³/mol. The highest BCUT2D eigenvalue weighted by atomic mass is 15.1. The van der Waals surface area contributed by atoms with Gasteiger partial charge in [0.2, 0.25) is 0 Å². The van der Waals surface area contributed by atoms with Gasteiger partial charge < -0.3 is 4.90 Å². The van der Waals surface area contributed by atoms with E-state index in [0.29, 0.717) is 0 Å². The molecule has 232 valence electrons. The van der Waals surface area contributed by atoms with Gasteiger partial charge in [-0.1, -0.05) is 159 Å². The van der Waals surface area contributed by atoms with Crippen molar-refractivity contribution in [2.45, 2.75) is 32.1 Å². The maximum absolute atomic E-state index is 2.41. The Morgan fingerprint density at radius 2 is 1.04 bits per heavy atom. The lowest BCUT2D eigenvalue weighted by Gasteiger charge is -2.29. The number of hydrogen-bond donors (Lipinski definition) is 0. The lowest BCUT2D eigenvalue weighted by Crippen LogP contribution is -2.19. The quantitative estimate of drug-likeness (QED) is 0.161. The molecule has 0 amide bonds. The van der Waals surface area contributed by atoms with E-state index in [4.69, 9.17) is 0 Å². The summed E-state index contributed by atoms with van der Waals surface area (Å²) >= 11 is 0. The molecule has 1 heteroatoms. The van der Waals surface area contributed by atoms with Crippen molar-refractivity contribution in [3.05, 3.63) is 192 Å². The number of hydrogen-bond acceptors (Lipinski definition) is 1. The molecule has 6 aromatic carbocycles. The maximum Gasteiger partial charge on any atom is 0.0464 e. The van der Waals surface area contributed by atoms with Gasteiger partial charge in [0.1, 0.15) is 0 Å². The van der Waals surface area contributed by atoms with Crippen LogP contribution in [0.4, 0.5) is 11.4 Å². The summed E-state index contributed by atoms with van der Waals surface area (Å²) in [7, 11) is 0. The second-order valence-electron chi connectivity index (χ2n) is 13.3. The molecule has 0 aliphatic heterocycles. The molecule has 1 nitrogen and oxygen atoms in total. The maximum atomic E-state index is 2.41. The molecule has 0 atom stereocenters. The smallest absolute Gasteiger partial charge is 0.0464 e. The number of fused-ring (bicyclic) bond motifs is 3. The summed E-state index contributed by atoms with van der Waals surface area (Å²) in [6, 6.07) is 52.9. The lowest BCUT2D eigenvalue weighted by molar-refractivity contribution is 0.660. The predicted octanol–water partition coefficient (Wildman–Crippen LogP) is 12.9. The third-order valence-electron chi connectivity index (χ3n) is 9.89. The first-order valence-corrected chi connectivity index (χ1v) is 17.0. The zero-order valence-electron chi connectivity index (χ0n) is 27.6. The summed E-state index contributed by atoms with van der Waals surface area (Å²) in [5.41, 5.74) is 16.3. The molecule has 0 heterocycles. The van der Waals surface area contributed by atoms with Crippen molar-refractivity contribution in [2.24, 2.45) is 0 Å². The van der Waals surface area contributed by atoms with E-state index >= 15 is 0 Å². The number of benzene rings is 6. The van der Waals surface area contributed by atoms with Crippen LogP contribution >= 0.6 is 0 Å². The van der Waals surface area contributed by atoms with Gasteiger partial charge in [0.15, 0.2) is 0 Å². The van der Waals surface area contributed by atoms with Gasteiger partial charge in [-0.25, -0.2) is 0 Å². The molecule has 0 unspecified atom stereocenters. The second kappa shape index (κ2) is 12.5. The van der Waals surface area contributed by atoms with Crippen molar-refractivity contribution >= 4 is 23.5 Å². The van der Waals surface area contributed by atoms with Crippen LogP contribution in [0.3, 0.4) is 0 Å². The largest absolute Gasteiger partial charge is 0.311 e. The fourth-order valence-electron chi connectivity index (χ4n) is 7.24. The van der Waals surface area contributed by atoms with Crippen LogP contribution in [0.1, 0.15) is 48.9 Å². The summed E-state index contributed by atoms with van der Waals surface area (Å²) in [6.07, 6.45) is 13.5. The molecule has 0 radical (unpaired) electrons. The highest BCUT2D eigenvalue weighted by Crippen LogP contribution is 2.50. The van der Waals surface area contributed by atoms with E-state index < -0.39 is 0 Å². The number of nitrogens with zero attached hydrogens (tertiary/aromatic N) is 1. The molecule has 0 spiro atoms. The third-order valence-corrected chi connectivity index (χ3v) is 9.89. The van der Waals surface area contributed by atoms with Gasteiger partial charge in [-0.3, -0.25) is 0 Å². The van der Waals surface area contributed by atoms with Crippen LogP contribution in [-0.4, -0.2) is 0 Å². The van der Waals surface area contributed by atoms with E-state index in [-0.39, 0.29) is 5.41 Å². The van der Waals surface area contributed by atoms with Gasteiger partial charge in [0, 0.05) is 22.5 Å². The zero-order valence-corrected chi connectivity index (χ0v) is 27.6. The van der Waals surface area contributed by atoms with Crippen molar-refractivity contribution in [1.29, 1.82) is 0 Å². The molecule has 0 saturated heterocycles. The molecule has 0 bridgehead atoms. The van der Waals surface area contributed by atoms with Crippen LogP contribution in [0.25, 0.3) is 45.5 Å². The Hall–Kier alpha value is -5.66. The van der Waals surface area contributed by atoms with Crippen molar-refractivity contribution in [3.63, 3.8) is 0 Å². The zero-order chi connectivity index (χ0) is 32.5. The number of para-hydroxylation sites is 1. The first-order chi connectivity index (χ1) is 23.5. The first kappa shape index (κ1) is 29.7. The van der Waals surface area contributed by atoms with Crippen molar-refractivity contribution in [1.82, 2.24) is 0 Å². The van der Waals surface area contributed by atoms with Gasteiger partial charge in [0.05, 0.1) is 0 Å². The normalized spacial score (nSPS) is 14.4. The van der Waals surface area contributed by atoms with Crippen molar-refractivity contribution in [3.8, 4) is 33.4 Å². The standard InChI is InChI=1S/C47H39N/c1-47(2)45-32-35(19-18-34-20-23-37(24-21-34)39-27-25-38(26-28-39)36-12-6-3-7-13-36)22-30-43(45)44-31-29-42(33-46(44)47)48(40-14-8-4-9-15-40)41-16-10-5-11-17-41/h3-4,6-10,12-33H,5,11H2,1-2H3/b19-18+. The second-order valence-corrected chi connectivity index (χ2v) is 13.3. The van der Waals surface area contributed by atoms with Crippen LogP contribution in [-0.2, 0) is 5.41 Å². The Labute approximate surface area is 284 Å². The van der Waals surface area contributed by atoms with E-state index in [1.165, 1.54) is 72.7 Å². The van der Waals surface area contributed by atoms with E-state index in [0.717, 1.165) is 12.8 Å². The molecular formula is C47H39N. The lowest BCUT2D eigenvalue weighted by atomic mass is 9.81. The summed E-state index contributed by atoms with van der Waals surface area (Å²) in [4.78, 5) is 2.40. The van der Waals surface area contributed by atoms with Gasteiger partial charge >= 0.3 is 0 Å². The topological polar surface area (TPSA) is 3.24 Å². The Kier molecular flexibility index (Phi) is 7.74. The summed E-state index contributed by atoms with van der Waals surface area (Å²) < 4.78 is 0. The van der Waals surface area contributed by atoms with E-state index in [1.54, 1.807) is 0 Å². The minimum atomic E-state index is -0.110. The molecule has 48 heavy (non-hydrogen) atoms. The Morgan fingerprint density at radius 1 is 0.500 bits per heavy atom. The Morgan fingerprint density at radius 3 is 1.69 bits per heavy atom. The average Bonchev–Trinajstić information content (AvgIpc) is 3.37. The molecule has 0 aromatic heterocycles. The molecule has 0 fully saturated rings. The third kappa shape index (κ3) is 5.63. The fourth-order valence-corrected chi connectivity index (χ4v) is 7.24. The van der Waals surface area contributed by atoms with Crippen LogP contribution in [0.15, 0.2) is 170 Å². The van der Waals surface area contributed by atoms with Crippen molar-refractivity contribution < 1.29 is 0 Å². The van der Waals surface area contributed by atoms with E-state index in [2.05, 4.69) is 195 Å². The molecule has 6 aromatic rings. The Bertz CT molecular complexity index is 2160. The van der Waals surface area contributed by atoms with Gasteiger partial charge in [0.25, 0.3) is 0 Å². The molecule has 0 saturated carbocycles. The molecule has 2 aliphatic rings. The number of rotatable bonds is 7. The van der Waals surface area contributed by atoms with Crippen LogP contribution in [0, 0.1) is 0 Å². The number of allylic oxidation sites excluding steroid dienone is 3. The Balaban J connectivity index is 1.03. The summed E-state index contributed by atoms with van der Waals surface area (Å²) in [5.74, 6) is 0. The van der Waals surface area contributed by atoms with E-state index in [9.17, 15) is 0 Å². The van der Waals surface area contributed by atoms with Crippen LogP contribution in [0.5, 0.6) is 0 Å². The minimum Gasteiger partial charge on any atom is -0.311 e. The molecule has 2 aliphatic carbocycles. The highest BCUT2D eigenvalue weighted by molar-refractivity contribution is 5.86. The summed E-state index contributed by atoms with van der Waals surface area (Å²) in [5, 5.41) is 0. The SMILES string of the molecule is CC1(C)c2cc(/C=C/c3ccc(-c4ccc(-c5ccccc5)cc4)cc3)ccc2-c2ccc(N(C3=CCCC=C3)c3ccccc3)cc21. The van der Waals surface area contributed by atoms with Gasteiger partial charge in [-0.2, -0.15) is 0 Å². The van der Waals surface area contributed by atoms with E-state index in [1.807, 2.05) is 0 Å². The average molecular weight is 618 g/mol. The fraction of sp³-hybridized carbons (Fsp3) is 0.106. The number of anilines is 2. The highest BCUT2D eigenvalue weighted by Gasteiger charge is 2.36. The summed E-state index contributed by atoms with van der Waals surface area (Å²) in [6.45, 7) is 4.74. The molecule has 8 rings (SSSR count). The molecular weight excluding hydrogens is 579 g/mol. The van der Waals surface area contributed by atoms with Gasteiger partial charge in [-0.15, -0.1) is 0 Å². The van der Waals surface area contributed by atoms with Gasteiger partial charge in [-0.05, 0) is 98.8 Å². The molecule has 0 N–H and O–H groups in total. The first-order valence-electron chi connectivity index (χ1n) is 17.0. The van der Waals surface area contributed by atoms with Crippen molar-refractivity contribution in [2.75, 3.05) is 4.90 Å². The van der Waals surface area contributed by atoms with Crippen LogP contribution < -0.4 is 4.90 Å². The van der Waals surface area contributed by atoms with Crippen LogP contribution in [0.2, 0.25) is 0 Å².